The standard InChI is InChI=1S/C24H25N3O3/c1-18-6-12-22(13-7-18)30-15-3-5-23(28)26-16-19-8-10-21(11-9-19)27-24(29)20-4-2-14-25-17-20/h2,4,6-14,17H,3,5,15-16H2,1H3,(H,26,28)(H,27,29). The van der Waals surface area contributed by atoms with Gasteiger partial charge in [-0.2, -0.15) is 0 Å². The molecule has 3 rings (SSSR count). The lowest BCUT2D eigenvalue weighted by molar-refractivity contribution is -0.121. The van der Waals surface area contributed by atoms with Crippen LogP contribution in [0.25, 0.3) is 0 Å². The number of pyridine rings is 1. The maximum Gasteiger partial charge on any atom is 0.257 e. The number of carbonyl (C=O) groups is 2. The summed E-state index contributed by atoms with van der Waals surface area (Å²) in [5, 5.41) is 5.72. The molecule has 2 amide bonds. The molecule has 1 aromatic heterocycles. The van der Waals surface area contributed by atoms with E-state index in [-0.39, 0.29) is 11.8 Å². The lowest BCUT2D eigenvalue weighted by Gasteiger charge is -2.09. The zero-order valence-corrected chi connectivity index (χ0v) is 16.9. The minimum atomic E-state index is -0.211. The van der Waals surface area contributed by atoms with E-state index in [0.717, 1.165) is 11.3 Å². The SMILES string of the molecule is Cc1ccc(OCCCC(=O)NCc2ccc(NC(=O)c3cccnc3)cc2)cc1. The summed E-state index contributed by atoms with van der Waals surface area (Å²) in [5.41, 5.74) is 3.33. The summed E-state index contributed by atoms with van der Waals surface area (Å²) in [6.45, 7) is 2.97. The molecule has 0 unspecified atom stereocenters. The third kappa shape index (κ3) is 6.74. The molecule has 0 bridgehead atoms. The van der Waals surface area contributed by atoms with Gasteiger partial charge in [-0.25, -0.2) is 0 Å². The summed E-state index contributed by atoms with van der Waals surface area (Å²) < 4.78 is 5.63. The lowest BCUT2D eigenvalue weighted by atomic mass is 10.2. The largest absolute Gasteiger partial charge is 0.494 e. The molecule has 3 aromatic rings. The second-order valence-electron chi connectivity index (χ2n) is 6.93. The molecule has 0 aliphatic heterocycles. The van der Waals surface area contributed by atoms with Gasteiger partial charge < -0.3 is 15.4 Å². The number of nitrogens with one attached hydrogen (secondary N) is 2. The van der Waals surface area contributed by atoms with Crippen LogP contribution in [0.3, 0.4) is 0 Å². The second-order valence-corrected chi connectivity index (χ2v) is 6.93. The van der Waals surface area contributed by atoms with Gasteiger partial charge >= 0.3 is 0 Å². The van der Waals surface area contributed by atoms with Crippen molar-refractivity contribution in [3.8, 4) is 5.75 Å². The molecule has 0 saturated carbocycles. The first-order valence-electron chi connectivity index (χ1n) is 9.86. The van der Waals surface area contributed by atoms with Crippen molar-refractivity contribution >= 4 is 17.5 Å². The van der Waals surface area contributed by atoms with E-state index in [0.29, 0.717) is 37.2 Å². The predicted octanol–water partition coefficient (Wildman–Crippen LogP) is 4.12. The Morgan fingerprint density at radius 2 is 1.77 bits per heavy atom. The predicted molar refractivity (Wildman–Crippen MR) is 116 cm³/mol. The number of amides is 2. The van der Waals surface area contributed by atoms with Crippen LogP contribution in [0.5, 0.6) is 5.75 Å². The van der Waals surface area contributed by atoms with Crippen molar-refractivity contribution in [1.29, 1.82) is 0 Å². The fourth-order valence-corrected chi connectivity index (χ4v) is 2.75. The van der Waals surface area contributed by atoms with Gasteiger partial charge in [-0.05, 0) is 55.3 Å². The van der Waals surface area contributed by atoms with Gasteiger partial charge in [-0.15, -0.1) is 0 Å². The molecule has 0 radical (unpaired) electrons. The molecule has 2 N–H and O–H groups in total. The maximum absolute atomic E-state index is 12.1. The zero-order valence-electron chi connectivity index (χ0n) is 16.9. The molecule has 0 aliphatic rings. The van der Waals surface area contributed by atoms with E-state index in [1.807, 2.05) is 55.5 Å². The van der Waals surface area contributed by atoms with Crippen molar-refractivity contribution in [3.63, 3.8) is 0 Å². The maximum atomic E-state index is 12.1. The number of aryl methyl sites for hydroxylation is 1. The molecule has 154 valence electrons. The van der Waals surface area contributed by atoms with E-state index in [4.69, 9.17) is 4.74 Å². The van der Waals surface area contributed by atoms with Gasteiger partial charge in [0, 0.05) is 31.0 Å². The van der Waals surface area contributed by atoms with Crippen LogP contribution in [0.15, 0.2) is 73.1 Å². The molecule has 0 saturated heterocycles. The van der Waals surface area contributed by atoms with Gasteiger partial charge in [0.05, 0.1) is 12.2 Å². The van der Waals surface area contributed by atoms with Gasteiger partial charge in [0.2, 0.25) is 5.91 Å². The number of nitrogens with zero attached hydrogens (tertiary/aromatic N) is 1. The molecule has 1 heterocycles. The molecule has 6 nitrogen and oxygen atoms in total. The second kappa shape index (κ2) is 10.8. The first-order chi connectivity index (χ1) is 14.6. The topological polar surface area (TPSA) is 80.3 Å². The Kier molecular flexibility index (Phi) is 7.55. The van der Waals surface area contributed by atoms with Crippen LogP contribution >= 0.6 is 0 Å². The van der Waals surface area contributed by atoms with Crippen molar-refractivity contribution in [2.75, 3.05) is 11.9 Å². The number of ether oxygens (including phenoxy) is 1. The van der Waals surface area contributed by atoms with Crippen molar-refractivity contribution in [1.82, 2.24) is 10.3 Å². The molecule has 0 aliphatic carbocycles. The van der Waals surface area contributed by atoms with E-state index in [9.17, 15) is 9.59 Å². The van der Waals surface area contributed by atoms with Crippen LogP contribution in [-0.4, -0.2) is 23.4 Å². The van der Waals surface area contributed by atoms with Crippen molar-refractivity contribution in [2.45, 2.75) is 26.3 Å². The van der Waals surface area contributed by atoms with Crippen LogP contribution < -0.4 is 15.4 Å². The van der Waals surface area contributed by atoms with Crippen molar-refractivity contribution in [3.05, 3.63) is 89.7 Å². The minimum Gasteiger partial charge on any atom is -0.494 e. The molecule has 30 heavy (non-hydrogen) atoms. The lowest BCUT2D eigenvalue weighted by Crippen LogP contribution is -2.23. The molecular formula is C24H25N3O3. The van der Waals surface area contributed by atoms with E-state index in [1.165, 1.54) is 11.8 Å². The summed E-state index contributed by atoms with van der Waals surface area (Å²) in [5.74, 6) is 0.588. The number of benzene rings is 2. The first kappa shape index (κ1) is 21.0. The molecule has 2 aromatic carbocycles. The highest BCUT2D eigenvalue weighted by Gasteiger charge is 2.06. The number of anilines is 1. The monoisotopic (exact) mass is 403 g/mol. The summed E-state index contributed by atoms with van der Waals surface area (Å²) in [7, 11) is 0. The van der Waals surface area contributed by atoms with Crippen LogP contribution in [0, 0.1) is 6.92 Å². The number of aromatic nitrogens is 1. The van der Waals surface area contributed by atoms with Crippen LogP contribution in [0.2, 0.25) is 0 Å². The van der Waals surface area contributed by atoms with Gasteiger partial charge in [-0.1, -0.05) is 29.8 Å². The normalized spacial score (nSPS) is 10.3. The van der Waals surface area contributed by atoms with E-state index in [2.05, 4.69) is 15.6 Å². The molecular weight excluding hydrogens is 378 g/mol. The summed E-state index contributed by atoms with van der Waals surface area (Å²) in [4.78, 5) is 28.1. The average Bonchev–Trinajstić information content (AvgIpc) is 2.78. The number of carbonyl (C=O) groups excluding carboxylic acids is 2. The van der Waals surface area contributed by atoms with E-state index >= 15 is 0 Å². The highest BCUT2D eigenvalue weighted by molar-refractivity contribution is 6.04. The Hall–Kier alpha value is -3.67. The summed E-state index contributed by atoms with van der Waals surface area (Å²) in [6.07, 6.45) is 4.20. The smallest absolute Gasteiger partial charge is 0.257 e. The van der Waals surface area contributed by atoms with Gasteiger partial charge in [0.15, 0.2) is 0 Å². The third-order valence-electron chi connectivity index (χ3n) is 4.46. The van der Waals surface area contributed by atoms with Crippen molar-refractivity contribution in [2.24, 2.45) is 0 Å². The van der Waals surface area contributed by atoms with Crippen LogP contribution in [0.4, 0.5) is 5.69 Å². The third-order valence-corrected chi connectivity index (χ3v) is 4.46. The van der Waals surface area contributed by atoms with Gasteiger partial charge in [0.1, 0.15) is 5.75 Å². The van der Waals surface area contributed by atoms with Crippen molar-refractivity contribution < 1.29 is 14.3 Å². The van der Waals surface area contributed by atoms with Crippen LogP contribution in [-0.2, 0) is 11.3 Å². The quantitative estimate of drug-likeness (QED) is 0.527. The number of hydrogen-bond donors (Lipinski definition) is 2. The highest BCUT2D eigenvalue weighted by Crippen LogP contribution is 2.13. The Balaban J connectivity index is 1.35. The van der Waals surface area contributed by atoms with Gasteiger partial charge in [-0.3, -0.25) is 14.6 Å². The minimum absolute atomic E-state index is 0.0172. The Morgan fingerprint density at radius 3 is 2.47 bits per heavy atom. The Labute approximate surface area is 176 Å². The summed E-state index contributed by atoms with van der Waals surface area (Å²) in [6, 6.07) is 18.6. The Bertz CT molecular complexity index is 955. The molecule has 0 spiro atoms. The number of hydrogen-bond acceptors (Lipinski definition) is 4. The molecule has 6 heteroatoms. The fraction of sp³-hybridized carbons (Fsp3) is 0.208. The summed E-state index contributed by atoms with van der Waals surface area (Å²) >= 11 is 0. The zero-order chi connectivity index (χ0) is 21.2. The number of rotatable bonds is 9. The van der Waals surface area contributed by atoms with E-state index < -0.39 is 0 Å². The van der Waals surface area contributed by atoms with E-state index in [1.54, 1.807) is 18.3 Å². The fourth-order valence-electron chi connectivity index (χ4n) is 2.75. The average molecular weight is 403 g/mol. The first-order valence-corrected chi connectivity index (χ1v) is 9.86. The Morgan fingerprint density at radius 1 is 1.00 bits per heavy atom. The molecule has 0 atom stereocenters. The van der Waals surface area contributed by atoms with Gasteiger partial charge in [0.25, 0.3) is 5.91 Å². The molecule has 0 fully saturated rings. The van der Waals surface area contributed by atoms with Crippen LogP contribution in [0.1, 0.15) is 34.3 Å². The highest BCUT2D eigenvalue weighted by atomic mass is 16.5.